The molecule has 0 aromatic carbocycles. The summed E-state index contributed by atoms with van der Waals surface area (Å²) in [5, 5.41) is 8.37. The Kier molecular flexibility index (Phi) is 8.68. The first-order valence-corrected chi connectivity index (χ1v) is 2.95. The molecule has 0 aromatic heterocycles. The monoisotopic (exact) mass is 328 g/mol. The van der Waals surface area contributed by atoms with E-state index in [9.17, 15) is 4.79 Å². The Hall–Kier alpha value is 0.353. The first kappa shape index (κ1) is 12.1. The Morgan fingerprint density at radius 2 is 1.78 bits per heavy atom. The standard InChI is InChI=1S/C6H12O2.Bi.3H/c1-3-5(4-2)6(7)8;;;;/h5H,3-4H2,1-2H3,(H,7,8);;;;. The first-order valence-electron chi connectivity index (χ1n) is 2.95. The molecule has 0 saturated heterocycles. The van der Waals surface area contributed by atoms with Gasteiger partial charge in [0.15, 0.2) is 0 Å². The molecule has 0 aliphatic heterocycles. The molecule has 0 aliphatic rings. The summed E-state index contributed by atoms with van der Waals surface area (Å²) >= 11 is 0. The Labute approximate surface area is 74.8 Å². The van der Waals surface area contributed by atoms with Crippen LogP contribution in [0.25, 0.3) is 0 Å². The normalized spacial score (nSPS) is 8.78. The van der Waals surface area contributed by atoms with Crippen molar-refractivity contribution >= 4 is 32.2 Å². The number of carbonyl (C=O) groups is 1. The summed E-state index contributed by atoms with van der Waals surface area (Å²) < 4.78 is 0. The topological polar surface area (TPSA) is 37.3 Å². The fourth-order valence-electron chi connectivity index (χ4n) is 0.638. The average molecular weight is 328 g/mol. The molecule has 0 atom stereocenters. The van der Waals surface area contributed by atoms with Crippen LogP contribution in [0.4, 0.5) is 0 Å². The number of aliphatic carboxylic acids is 1. The summed E-state index contributed by atoms with van der Waals surface area (Å²) in [5.41, 5.74) is 0. The van der Waals surface area contributed by atoms with Gasteiger partial charge in [0, 0.05) is 0 Å². The van der Waals surface area contributed by atoms with Crippen molar-refractivity contribution in [3.8, 4) is 0 Å². The zero-order valence-corrected chi connectivity index (χ0v) is 11.6. The van der Waals surface area contributed by atoms with Crippen LogP contribution in [0.3, 0.4) is 0 Å². The Balaban J connectivity index is 0. The van der Waals surface area contributed by atoms with Crippen molar-refractivity contribution in [3.05, 3.63) is 0 Å². The Morgan fingerprint density at radius 1 is 1.44 bits per heavy atom. The first-order chi connectivity index (χ1) is 3.72. The van der Waals surface area contributed by atoms with Crippen LogP contribution in [0.1, 0.15) is 26.7 Å². The second-order valence-electron chi connectivity index (χ2n) is 1.85. The summed E-state index contributed by atoms with van der Waals surface area (Å²) in [6.45, 7) is 3.78. The summed E-state index contributed by atoms with van der Waals surface area (Å²) in [4.78, 5) is 10.2. The van der Waals surface area contributed by atoms with Crippen LogP contribution in [-0.4, -0.2) is 37.3 Å². The number of carboxylic acids is 1. The van der Waals surface area contributed by atoms with Crippen molar-refractivity contribution in [1.29, 1.82) is 0 Å². The van der Waals surface area contributed by atoms with E-state index in [1.165, 1.54) is 0 Å². The van der Waals surface area contributed by atoms with Crippen LogP contribution in [0.15, 0.2) is 0 Å². The van der Waals surface area contributed by atoms with Gasteiger partial charge in [-0.3, -0.25) is 4.79 Å². The molecule has 0 aliphatic carbocycles. The molecule has 0 aromatic rings. The predicted molar refractivity (Wildman–Crippen MR) is 41.6 cm³/mol. The van der Waals surface area contributed by atoms with Gasteiger partial charge < -0.3 is 5.11 Å². The maximum atomic E-state index is 10.2. The number of hydrogen-bond acceptors (Lipinski definition) is 1. The third-order valence-electron chi connectivity index (χ3n) is 1.33. The molecular formula is C6H15BiO2. The van der Waals surface area contributed by atoms with Crippen LogP contribution in [0.2, 0.25) is 0 Å². The fraction of sp³-hybridized carbons (Fsp3) is 0.833. The van der Waals surface area contributed by atoms with E-state index in [0.717, 1.165) is 12.8 Å². The van der Waals surface area contributed by atoms with Gasteiger partial charge in [0.25, 0.3) is 0 Å². The van der Waals surface area contributed by atoms with E-state index < -0.39 is 5.97 Å². The van der Waals surface area contributed by atoms with Crippen molar-refractivity contribution in [2.45, 2.75) is 26.7 Å². The van der Waals surface area contributed by atoms with Crippen molar-refractivity contribution in [3.63, 3.8) is 0 Å². The third-order valence-corrected chi connectivity index (χ3v) is 1.33. The average Bonchev–Trinajstić information content (AvgIpc) is 1.69. The second-order valence-corrected chi connectivity index (χ2v) is 1.85. The second kappa shape index (κ2) is 6.47. The van der Waals surface area contributed by atoms with E-state index in [4.69, 9.17) is 5.11 Å². The van der Waals surface area contributed by atoms with Crippen molar-refractivity contribution in [2.24, 2.45) is 5.92 Å². The number of rotatable bonds is 3. The molecule has 2 nitrogen and oxygen atoms in total. The minimum atomic E-state index is -0.671. The van der Waals surface area contributed by atoms with Crippen LogP contribution in [0.5, 0.6) is 0 Å². The van der Waals surface area contributed by atoms with Gasteiger partial charge >= 0.3 is 32.2 Å². The molecule has 0 rings (SSSR count). The fourth-order valence-corrected chi connectivity index (χ4v) is 0.638. The van der Waals surface area contributed by atoms with Crippen molar-refractivity contribution in [2.75, 3.05) is 0 Å². The molecule has 3 heteroatoms. The molecule has 0 amide bonds. The quantitative estimate of drug-likeness (QED) is 0.758. The molecule has 0 heterocycles. The van der Waals surface area contributed by atoms with E-state index in [0.29, 0.717) is 0 Å². The molecule has 0 fully saturated rings. The molecule has 1 N–H and O–H groups in total. The summed E-state index contributed by atoms with van der Waals surface area (Å²) in [5.74, 6) is -0.801. The molecule has 0 unspecified atom stereocenters. The summed E-state index contributed by atoms with van der Waals surface area (Å²) in [7, 11) is 0. The van der Waals surface area contributed by atoms with Gasteiger partial charge in [-0.05, 0) is 12.8 Å². The minimum absolute atomic E-state index is 0. The maximum absolute atomic E-state index is 10.2. The molecule has 9 heavy (non-hydrogen) atoms. The summed E-state index contributed by atoms with van der Waals surface area (Å²) in [6, 6.07) is 0. The van der Waals surface area contributed by atoms with Gasteiger partial charge in [0.05, 0.1) is 5.92 Å². The van der Waals surface area contributed by atoms with Crippen LogP contribution in [-0.2, 0) is 4.79 Å². The van der Waals surface area contributed by atoms with Gasteiger partial charge in [0.1, 0.15) is 0 Å². The summed E-state index contributed by atoms with van der Waals surface area (Å²) in [6.07, 6.45) is 1.48. The van der Waals surface area contributed by atoms with Crippen LogP contribution in [0, 0.1) is 5.92 Å². The van der Waals surface area contributed by atoms with Gasteiger partial charge in [-0.2, -0.15) is 0 Å². The van der Waals surface area contributed by atoms with Gasteiger partial charge in [-0.25, -0.2) is 0 Å². The van der Waals surface area contributed by atoms with Crippen LogP contribution < -0.4 is 0 Å². The van der Waals surface area contributed by atoms with E-state index >= 15 is 0 Å². The Morgan fingerprint density at radius 3 is 1.78 bits per heavy atom. The molecule has 0 saturated carbocycles. The SMILES string of the molecule is CCC(CC)C(=O)O.[BiH3]. The predicted octanol–water partition coefficient (Wildman–Crippen LogP) is 0.323. The van der Waals surface area contributed by atoms with Gasteiger partial charge in [-0.1, -0.05) is 13.8 Å². The number of carboxylic acid groups (broad SMARTS) is 1. The zero-order chi connectivity index (χ0) is 6.57. The van der Waals surface area contributed by atoms with Crippen molar-refractivity contribution < 1.29 is 9.90 Å². The van der Waals surface area contributed by atoms with Gasteiger partial charge in [0.2, 0.25) is 0 Å². The molecule has 0 spiro atoms. The number of hydrogen-bond donors (Lipinski definition) is 1. The molecule has 0 bridgehead atoms. The van der Waals surface area contributed by atoms with E-state index in [1.807, 2.05) is 13.8 Å². The Bertz CT molecular complexity index is 79.1. The molecule has 0 radical (unpaired) electrons. The van der Waals surface area contributed by atoms with Gasteiger partial charge in [-0.15, -0.1) is 0 Å². The van der Waals surface area contributed by atoms with E-state index in [2.05, 4.69) is 0 Å². The van der Waals surface area contributed by atoms with E-state index in [1.54, 1.807) is 0 Å². The molecular weight excluding hydrogens is 313 g/mol. The molecule has 56 valence electrons. The van der Waals surface area contributed by atoms with E-state index in [-0.39, 0.29) is 32.1 Å². The zero-order valence-electron chi connectivity index (χ0n) is 6.05. The van der Waals surface area contributed by atoms with Crippen LogP contribution >= 0.6 is 0 Å². The third kappa shape index (κ3) is 4.83. The van der Waals surface area contributed by atoms with Crippen molar-refractivity contribution in [1.82, 2.24) is 0 Å².